The summed E-state index contributed by atoms with van der Waals surface area (Å²) in [6.07, 6.45) is 1.39. The Morgan fingerprint density at radius 2 is 2.10 bits per heavy atom. The van der Waals surface area contributed by atoms with E-state index in [1.54, 1.807) is 0 Å². The van der Waals surface area contributed by atoms with E-state index < -0.39 is 10.9 Å². The SMILES string of the molecule is COC(=O)c1ccc([N+](=O)[O-])c(/C=N/SC(C)(C)C)c1. The summed E-state index contributed by atoms with van der Waals surface area (Å²) >= 11 is 1.30. The molecule has 1 rings (SSSR count). The van der Waals surface area contributed by atoms with E-state index in [-0.39, 0.29) is 21.6 Å². The number of carbonyl (C=O) groups is 1. The standard InChI is InChI=1S/C13H16N2O4S/c1-13(2,3)20-14-8-10-7-9(12(16)19-4)5-6-11(10)15(17)18/h5-8H,1-4H3/b14-8+. The van der Waals surface area contributed by atoms with Crippen LogP contribution in [0.1, 0.15) is 36.7 Å². The first-order chi connectivity index (χ1) is 9.24. The van der Waals surface area contributed by atoms with Crippen LogP contribution in [-0.4, -0.2) is 29.0 Å². The maximum atomic E-state index is 11.4. The zero-order valence-corrected chi connectivity index (χ0v) is 12.6. The fraction of sp³-hybridized carbons (Fsp3) is 0.385. The van der Waals surface area contributed by atoms with Crippen molar-refractivity contribution >= 4 is 29.8 Å². The van der Waals surface area contributed by atoms with Gasteiger partial charge in [-0.05, 0) is 44.9 Å². The Balaban J connectivity index is 3.12. The van der Waals surface area contributed by atoms with E-state index in [4.69, 9.17) is 0 Å². The van der Waals surface area contributed by atoms with Crippen molar-refractivity contribution in [1.82, 2.24) is 0 Å². The van der Waals surface area contributed by atoms with Gasteiger partial charge in [0.05, 0.1) is 23.2 Å². The van der Waals surface area contributed by atoms with E-state index in [0.717, 1.165) is 0 Å². The second-order valence-corrected chi connectivity index (χ2v) is 6.58. The Kier molecular flexibility index (Phi) is 5.26. The van der Waals surface area contributed by atoms with Crippen LogP contribution in [0.25, 0.3) is 0 Å². The van der Waals surface area contributed by atoms with Crippen LogP contribution >= 0.6 is 11.9 Å². The quantitative estimate of drug-likeness (QED) is 0.280. The molecule has 108 valence electrons. The van der Waals surface area contributed by atoms with Crippen molar-refractivity contribution in [3.8, 4) is 0 Å². The molecule has 0 bridgehead atoms. The highest BCUT2D eigenvalue weighted by Crippen LogP contribution is 2.25. The lowest BCUT2D eigenvalue weighted by Gasteiger charge is -2.12. The van der Waals surface area contributed by atoms with Crippen molar-refractivity contribution < 1.29 is 14.5 Å². The zero-order chi connectivity index (χ0) is 15.3. The Morgan fingerprint density at radius 1 is 1.45 bits per heavy atom. The summed E-state index contributed by atoms with van der Waals surface area (Å²) in [4.78, 5) is 21.9. The number of rotatable bonds is 4. The molecule has 0 aliphatic heterocycles. The third-order valence-corrected chi connectivity index (χ3v) is 2.92. The van der Waals surface area contributed by atoms with Crippen LogP contribution < -0.4 is 0 Å². The lowest BCUT2D eigenvalue weighted by Crippen LogP contribution is -2.06. The number of methoxy groups -OCH3 is 1. The lowest BCUT2D eigenvalue weighted by molar-refractivity contribution is -0.385. The van der Waals surface area contributed by atoms with Crippen LogP contribution in [-0.2, 0) is 4.74 Å². The van der Waals surface area contributed by atoms with Gasteiger partial charge in [-0.25, -0.2) is 9.19 Å². The summed E-state index contributed by atoms with van der Waals surface area (Å²) in [5, 5.41) is 11.0. The first-order valence-corrected chi connectivity index (χ1v) is 6.60. The molecule has 0 aliphatic rings. The Hall–Kier alpha value is -1.89. The predicted octanol–water partition coefficient (Wildman–Crippen LogP) is 3.25. The minimum Gasteiger partial charge on any atom is -0.465 e. The van der Waals surface area contributed by atoms with Gasteiger partial charge in [0, 0.05) is 17.0 Å². The number of hydrogen-bond acceptors (Lipinski definition) is 6. The number of nitrogens with zero attached hydrogens (tertiary/aromatic N) is 2. The minimum atomic E-state index is -0.543. The van der Waals surface area contributed by atoms with Gasteiger partial charge in [0.15, 0.2) is 0 Å². The van der Waals surface area contributed by atoms with Gasteiger partial charge in [0.2, 0.25) is 0 Å². The molecule has 0 radical (unpaired) electrons. The first-order valence-electron chi connectivity index (χ1n) is 5.83. The summed E-state index contributed by atoms with van der Waals surface area (Å²) < 4.78 is 8.62. The van der Waals surface area contributed by atoms with Crippen LogP contribution in [0.15, 0.2) is 22.6 Å². The van der Waals surface area contributed by atoms with Crippen molar-refractivity contribution in [2.45, 2.75) is 25.5 Å². The van der Waals surface area contributed by atoms with Gasteiger partial charge in [-0.1, -0.05) is 0 Å². The van der Waals surface area contributed by atoms with Crippen molar-refractivity contribution in [2.75, 3.05) is 7.11 Å². The Morgan fingerprint density at radius 3 is 2.60 bits per heavy atom. The van der Waals surface area contributed by atoms with Crippen LogP contribution in [0.5, 0.6) is 0 Å². The van der Waals surface area contributed by atoms with Crippen molar-refractivity contribution in [3.05, 3.63) is 39.4 Å². The van der Waals surface area contributed by atoms with Gasteiger partial charge in [0.1, 0.15) is 0 Å². The maximum Gasteiger partial charge on any atom is 0.337 e. The molecule has 0 saturated heterocycles. The van der Waals surface area contributed by atoms with E-state index in [0.29, 0.717) is 0 Å². The monoisotopic (exact) mass is 296 g/mol. The molecule has 0 aliphatic carbocycles. The molecule has 0 spiro atoms. The maximum absolute atomic E-state index is 11.4. The van der Waals surface area contributed by atoms with Gasteiger partial charge in [-0.15, -0.1) is 0 Å². The van der Waals surface area contributed by atoms with Crippen molar-refractivity contribution in [2.24, 2.45) is 4.40 Å². The second kappa shape index (κ2) is 6.51. The molecule has 0 amide bonds. The average molecular weight is 296 g/mol. The Bertz CT molecular complexity index is 550. The molecular weight excluding hydrogens is 280 g/mol. The fourth-order valence-corrected chi connectivity index (χ4v) is 1.79. The number of ether oxygens (including phenoxy) is 1. The predicted molar refractivity (Wildman–Crippen MR) is 79.4 cm³/mol. The number of nitro groups is 1. The van der Waals surface area contributed by atoms with E-state index in [9.17, 15) is 14.9 Å². The van der Waals surface area contributed by atoms with Gasteiger partial charge in [-0.3, -0.25) is 10.1 Å². The average Bonchev–Trinajstić information content (AvgIpc) is 2.35. The highest BCUT2D eigenvalue weighted by molar-refractivity contribution is 7.99. The second-order valence-electron chi connectivity index (χ2n) is 4.96. The topological polar surface area (TPSA) is 81.8 Å². The minimum absolute atomic E-state index is 0.0920. The molecule has 0 saturated carbocycles. The molecule has 0 heterocycles. The highest BCUT2D eigenvalue weighted by atomic mass is 32.2. The molecular formula is C13H16N2O4S. The van der Waals surface area contributed by atoms with Crippen LogP contribution in [0, 0.1) is 10.1 Å². The van der Waals surface area contributed by atoms with Crippen LogP contribution in [0.4, 0.5) is 5.69 Å². The van der Waals surface area contributed by atoms with Crippen LogP contribution in [0.3, 0.4) is 0 Å². The van der Waals surface area contributed by atoms with E-state index in [1.807, 2.05) is 20.8 Å². The molecule has 0 fully saturated rings. The van der Waals surface area contributed by atoms with Gasteiger partial charge < -0.3 is 4.74 Å². The van der Waals surface area contributed by atoms with E-state index >= 15 is 0 Å². The third-order valence-electron chi connectivity index (χ3n) is 2.16. The summed E-state index contributed by atoms with van der Waals surface area (Å²) in [6.45, 7) is 5.94. The third kappa shape index (κ3) is 4.65. The molecule has 0 atom stereocenters. The number of hydrogen-bond donors (Lipinski definition) is 0. The first kappa shape index (κ1) is 16.2. The molecule has 0 N–H and O–H groups in total. The fourth-order valence-electron chi connectivity index (χ4n) is 1.31. The largest absolute Gasteiger partial charge is 0.465 e. The molecule has 1 aromatic carbocycles. The normalized spacial score (nSPS) is 11.6. The highest BCUT2D eigenvalue weighted by Gasteiger charge is 2.16. The summed E-state index contributed by atoms with van der Waals surface area (Å²) in [5.41, 5.74) is 0.422. The molecule has 7 heteroatoms. The Labute approximate surface area is 121 Å². The summed E-state index contributed by atoms with van der Waals surface area (Å²) in [5.74, 6) is -0.543. The van der Waals surface area contributed by atoms with Crippen LogP contribution in [0.2, 0.25) is 0 Å². The molecule has 1 aromatic rings. The van der Waals surface area contributed by atoms with Crippen molar-refractivity contribution in [1.29, 1.82) is 0 Å². The van der Waals surface area contributed by atoms with Gasteiger partial charge in [-0.2, -0.15) is 0 Å². The van der Waals surface area contributed by atoms with E-state index in [2.05, 4.69) is 9.13 Å². The van der Waals surface area contributed by atoms with E-state index in [1.165, 1.54) is 43.5 Å². The lowest BCUT2D eigenvalue weighted by atomic mass is 10.1. The molecule has 0 aromatic heterocycles. The van der Waals surface area contributed by atoms with Gasteiger partial charge >= 0.3 is 5.97 Å². The molecule has 0 unspecified atom stereocenters. The molecule has 6 nitrogen and oxygen atoms in total. The zero-order valence-electron chi connectivity index (χ0n) is 11.7. The molecule has 20 heavy (non-hydrogen) atoms. The summed E-state index contributed by atoms with van der Waals surface area (Å²) in [7, 11) is 1.26. The van der Waals surface area contributed by atoms with Gasteiger partial charge in [0.25, 0.3) is 5.69 Å². The van der Waals surface area contributed by atoms with Crippen molar-refractivity contribution in [3.63, 3.8) is 0 Å². The summed E-state index contributed by atoms with van der Waals surface area (Å²) in [6, 6.07) is 4.03. The number of esters is 1. The number of benzene rings is 1. The number of carbonyl (C=O) groups excluding carboxylic acids is 1. The number of nitro benzene ring substituents is 1. The smallest absolute Gasteiger partial charge is 0.337 e.